The van der Waals surface area contributed by atoms with E-state index in [-0.39, 0.29) is 34.6 Å². The van der Waals surface area contributed by atoms with Crippen LogP contribution >= 0.6 is 27.5 Å². The van der Waals surface area contributed by atoms with Crippen molar-refractivity contribution in [3.8, 4) is 5.75 Å². The Morgan fingerprint density at radius 3 is 2.88 bits per heavy atom. The minimum atomic E-state index is -3.00. The summed E-state index contributed by atoms with van der Waals surface area (Å²) in [6.45, 7) is -1.03. The zero-order valence-electron chi connectivity index (χ0n) is 12.4. The van der Waals surface area contributed by atoms with Crippen molar-refractivity contribution in [3.05, 3.63) is 45.3 Å². The van der Waals surface area contributed by atoms with Gasteiger partial charge in [0.15, 0.2) is 5.75 Å². The molecule has 0 saturated carbocycles. The summed E-state index contributed by atoms with van der Waals surface area (Å²) in [5, 5.41) is 3.18. The number of esters is 1. The molecule has 0 amide bonds. The van der Waals surface area contributed by atoms with Crippen LogP contribution in [0.4, 0.5) is 14.5 Å². The first-order chi connectivity index (χ1) is 11.4. The number of carbonyl (C=O) groups is 1. The first kappa shape index (κ1) is 18.5. The molecule has 0 spiro atoms. The fourth-order valence-electron chi connectivity index (χ4n) is 1.94. The highest BCUT2D eigenvalue weighted by Gasteiger charge is 2.18. The molecule has 130 valence electrons. The third-order valence-electron chi connectivity index (χ3n) is 2.90. The van der Waals surface area contributed by atoms with Gasteiger partial charge in [-0.1, -0.05) is 11.6 Å². The minimum Gasteiger partial charge on any atom is -0.467 e. The zero-order chi connectivity index (χ0) is 17.7. The summed E-state index contributed by atoms with van der Waals surface area (Å²) in [6.07, 6.45) is 1.34. The van der Waals surface area contributed by atoms with E-state index in [4.69, 9.17) is 20.8 Å². The van der Waals surface area contributed by atoms with Crippen LogP contribution in [0.5, 0.6) is 5.75 Å². The van der Waals surface area contributed by atoms with Crippen molar-refractivity contribution in [1.29, 1.82) is 0 Å². The number of carbonyl (C=O) groups excluding carboxylic acids is 1. The second-order valence-electron chi connectivity index (χ2n) is 4.47. The van der Waals surface area contributed by atoms with Gasteiger partial charge >= 0.3 is 12.6 Å². The molecule has 0 radical (unpaired) electrons. The van der Waals surface area contributed by atoms with Crippen LogP contribution in [0.3, 0.4) is 0 Å². The van der Waals surface area contributed by atoms with Gasteiger partial charge in [-0.05, 0) is 41.1 Å². The average Bonchev–Trinajstić information content (AvgIpc) is 2.96. The van der Waals surface area contributed by atoms with Crippen LogP contribution in [-0.4, -0.2) is 19.2 Å². The molecule has 0 aliphatic rings. The van der Waals surface area contributed by atoms with E-state index >= 15 is 0 Å². The number of benzene rings is 1. The number of hydrogen-bond acceptors (Lipinski definition) is 5. The number of furan rings is 1. The van der Waals surface area contributed by atoms with Gasteiger partial charge in [-0.2, -0.15) is 8.78 Å². The van der Waals surface area contributed by atoms with Crippen LogP contribution in [0.25, 0.3) is 0 Å². The molecule has 0 fully saturated rings. The number of halogens is 4. The van der Waals surface area contributed by atoms with E-state index < -0.39 is 12.6 Å². The van der Waals surface area contributed by atoms with Gasteiger partial charge in [-0.15, -0.1) is 0 Å². The fourth-order valence-corrected chi connectivity index (χ4v) is 2.85. The molecule has 5 nitrogen and oxygen atoms in total. The first-order valence-electron chi connectivity index (χ1n) is 6.83. The molecule has 0 unspecified atom stereocenters. The third-order valence-corrected chi connectivity index (χ3v) is 3.70. The first-order valence-corrected chi connectivity index (χ1v) is 8.00. The van der Waals surface area contributed by atoms with Crippen molar-refractivity contribution < 1.29 is 27.5 Å². The lowest BCUT2D eigenvalue weighted by Crippen LogP contribution is -2.10. The lowest BCUT2D eigenvalue weighted by Gasteiger charge is -2.14. The van der Waals surface area contributed by atoms with E-state index in [0.29, 0.717) is 10.8 Å². The molecule has 0 saturated heterocycles. The SMILES string of the molecule is CCOC(=O)c1ccoc1CNc1cc(Cl)cc(Br)c1OC(F)F. The summed E-state index contributed by atoms with van der Waals surface area (Å²) in [7, 11) is 0. The summed E-state index contributed by atoms with van der Waals surface area (Å²) in [4.78, 5) is 11.8. The average molecular weight is 425 g/mol. The summed E-state index contributed by atoms with van der Waals surface area (Å²) < 4.78 is 40.0. The molecule has 0 aliphatic heterocycles. The third kappa shape index (κ3) is 4.61. The Morgan fingerprint density at radius 2 is 2.21 bits per heavy atom. The monoisotopic (exact) mass is 423 g/mol. The van der Waals surface area contributed by atoms with Crippen LogP contribution < -0.4 is 10.1 Å². The standard InChI is InChI=1S/C15H13BrClF2NO4/c1-2-22-14(21)9-3-4-23-12(9)7-20-11-6-8(17)5-10(16)13(11)24-15(18)19/h3-6,15,20H,2,7H2,1H3. The highest BCUT2D eigenvalue weighted by atomic mass is 79.9. The summed E-state index contributed by atoms with van der Waals surface area (Å²) >= 11 is 9.05. The Labute approximate surface area is 150 Å². The van der Waals surface area contributed by atoms with Crippen LogP contribution in [-0.2, 0) is 11.3 Å². The quantitative estimate of drug-likeness (QED) is 0.628. The number of anilines is 1. The number of ether oxygens (including phenoxy) is 2. The fraction of sp³-hybridized carbons (Fsp3) is 0.267. The molecule has 1 aromatic heterocycles. The number of rotatable bonds is 7. The second-order valence-corrected chi connectivity index (χ2v) is 5.77. The smallest absolute Gasteiger partial charge is 0.387 e. The molecule has 1 aromatic carbocycles. The Balaban J connectivity index is 2.21. The van der Waals surface area contributed by atoms with Crippen molar-refractivity contribution in [3.63, 3.8) is 0 Å². The van der Waals surface area contributed by atoms with E-state index in [1.165, 1.54) is 24.5 Å². The number of alkyl halides is 2. The number of hydrogen-bond donors (Lipinski definition) is 1. The maximum absolute atomic E-state index is 12.6. The van der Waals surface area contributed by atoms with Gasteiger partial charge in [0, 0.05) is 5.02 Å². The Kier molecular flexibility index (Phi) is 6.44. The van der Waals surface area contributed by atoms with Crippen molar-refractivity contribution in [2.24, 2.45) is 0 Å². The van der Waals surface area contributed by atoms with Crippen LogP contribution in [0.2, 0.25) is 5.02 Å². The molecule has 0 atom stereocenters. The normalized spacial score (nSPS) is 10.8. The summed E-state index contributed by atoms with van der Waals surface area (Å²) in [5.41, 5.74) is 0.475. The summed E-state index contributed by atoms with van der Waals surface area (Å²) in [6, 6.07) is 4.33. The Morgan fingerprint density at radius 1 is 1.46 bits per heavy atom. The zero-order valence-corrected chi connectivity index (χ0v) is 14.8. The van der Waals surface area contributed by atoms with E-state index in [2.05, 4.69) is 26.0 Å². The van der Waals surface area contributed by atoms with Gasteiger partial charge in [-0.3, -0.25) is 0 Å². The number of nitrogens with one attached hydrogen (secondary N) is 1. The largest absolute Gasteiger partial charge is 0.467 e. The summed E-state index contributed by atoms with van der Waals surface area (Å²) in [5.74, 6) is -0.328. The van der Waals surface area contributed by atoms with Gasteiger partial charge in [0.1, 0.15) is 11.3 Å². The van der Waals surface area contributed by atoms with Crippen molar-refractivity contribution in [2.75, 3.05) is 11.9 Å². The van der Waals surface area contributed by atoms with Gasteiger partial charge in [0.2, 0.25) is 0 Å². The van der Waals surface area contributed by atoms with Crippen molar-refractivity contribution in [2.45, 2.75) is 20.1 Å². The van der Waals surface area contributed by atoms with Crippen molar-refractivity contribution >= 4 is 39.2 Å². The second kappa shape index (κ2) is 8.34. The predicted molar refractivity (Wildman–Crippen MR) is 87.8 cm³/mol. The molecule has 0 aliphatic carbocycles. The topological polar surface area (TPSA) is 60.7 Å². The minimum absolute atomic E-state index is 0.0491. The molecule has 24 heavy (non-hydrogen) atoms. The maximum atomic E-state index is 12.6. The highest BCUT2D eigenvalue weighted by molar-refractivity contribution is 9.10. The predicted octanol–water partition coefficient (Wildman–Crippen LogP) is 5.09. The van der Waals surface area contributed by atoms with Gasteiger partial charge < -0.3 is 19.2 Å². The molecule has 9 heteroatoms. The highest BCUT2D eigenvalue weighted by Crippen LogP contribution is 2.38. The maximum Gasteiger partial charge on any atom is 0.387 e. The van der Waals surface area contributed by atoms with Crippen LogP contribution in [0.1, 0.15) is 23.0 Å². The van der Waals surface area contributed by atoms with Gasteiger partial charge in [0.25, 0.3) is 0 Å². The van der Waals surface area contributed by atoms with Crippen LogP contribution in [0.15, 0.2) is 33.4 Å². The Bertz CT molecular complexity index is 723. The lowest BCUT2D eigenvalue weighted by molar-refractivity contribution is -0.0498. The molecule has 2 rings (SSSR count). The molecule has 1 N–H and O–H groups in total. The van der Waals surface area contributed by atoms with E-state index in [1.807, 2.05) is 0 Å². The van der Waals surface area contributed by atoms with E-state index in [1.54, 1.807) is 6.92 Å². The van der Waals surface area contributed by atoms with Crippen LogP contribution in [0, 0.1) is 0 Å². The molecule has 2 aromatic rings. The van der Waals surface area contributed by atoms with Crippen molar-refractivity contribution in [1.82, 2.24) is 0 Å². The molecular formula is C15H13BrClF2NO4. The van der Waals surface area contributed by atoms with E-state index in [9.17, 15) is 13.6 Å². The molecular weight excluding hydrogens is 412 g/mol. The lowest BCUT2D eigenvalue weighted by atomic mass is 10.2. The van der Waals surface area contributed by atoms with Gasteiger partial charge in [-0.25, -0.2) is 4.79 Å². The van der Waals surface area contributed by atoms with E-state index in [0.717, 1.165) is 0 Å². The Hall–Kier alpha value is -1.80. The molecule has 1 heterocycles. The molecule has 0 bridgehead atoms. The van der Waals surface area contributed by atoms with Gasteiger partial charge in [0.05, 0.1) is 29.6 Å².